The van der Waals surface area contributed by atoms with E-state index in [0.717, 1.165) is 12.1 Å². The third kappa shape index (κ3) is 3.36. The Kier molecular flexibility index (Phi) is 4.43. The van der Waals surface area contributed by atoms with Gasteiger partial charge in [0.25, 0.3) is 5.88 Å². The lowest BCUT2D eigenvalue weighted by molar-refractivity contribution is 0.254. The molecule has 0 aromatic carbocycles. The minimum absolute atomic E-state index is 0.0444. The molecule has 2 aromatic rings. The highest BCUT2D eigenvalue weighted by atomic mass is 16.5. The third-order valence-corrected chi connectivity index (χ3v) is 3.47. The average Bonchev–Trinajstić information content (AvgIpc) is 2.87. The number of nitrogens with one attached hydrogen (secondary N) is 1. The summed E-state index contributed by atoms with van der Waals surface area (Å²) in [6, 6.07) is 5.66. The first-order valence-electron chi connectivity index (χ1n) is 7.56. The van der Waals surface area contributed by atoms with Crippen LogP contribution < -0.4 is 4.74 Å². The number of likely N-dealkylation sites (N-methyl/N-ethyl adjacent to an activating group) is 1. The highest BCUT2D eigenvalue weighted by Crippen LogP contribution is 2.32. The van der Waals surface area contributed by atoms with E-state index in [2.05, 4.69) is 10.1 Å². The molecule has 7 heteroatoms. The predicted octanol–water partition coefficient (Wildman–Crippen LogP) is 2.38. The van der Waals surface area contributed by atoms with Crippen LogP contribution in [0.5, 0.6) is 5.88 Å². The number of aliphatic hydroxyl groups is 1. The fourth-order valence-electron chi connectivity index (χ4n) is 2.23. The molecular weight excluding hydrogens is 306 g/mol. The van der Waals surface area contributed by atoms with Crippen molar-refractivity contribution in [2.24, 2.45) is 4.99 Å². The van der Waals surface area contributed by atoms with Crippen molar-refractivity contribution in [2.45, 2.75) is 0 Å². The zero-order valence-corrected chi connectivity index (χ0v) is 13.6. The van der Waals surface area contributed by atoms with E-state index in [-0.39, 0.29) is 11.5 Å². The van der Waals surface area contributed by atoms with E-state index in [1.165, 1.54) is 6.08 Å². The number of allylic oxidation sites excluding steroid dienone is 3. The van der Waals surface area contributed by atoms with Gasteiger partial charge in [0.1, 0.15) is 18.1 Å². The first kappa shape index (κ1) is 15.9. The summed E-state index contributed by atoms with van der Waals surface area (Å²) in [4.78, 5) is 6.53. The van der Waals surface area contributed by atoms with Crippen molar-refractivity contribution in [3.8, 4) is 5.88 Å². The van der Waals surface area contributed by atoms with Crippen molar-refractivity contribution in [3.05, 3.63) is 48.4 Å². The number of pyridine rings is 1. The molecule has 0 atom stereocenters. The highest BCUT2D eigenvalue weighted by molar-refractivity contribution is 6.20. The Labute approximate surface area is 139 Å². The molecule has 2 aromatic heterocycles. The molecule has 0 bridgehead atoms. The fourth-order valence-corrected chi connectivity index (χ4v) is 2.23. The van der Waals surface area contributed by atoms with Crippen molar-refractivity contribution < 1.29 is 9.84 Å². The van der Waals surface area contributed by atoms with Gasteiger partial charge in [-0.1, -0.05) is 6.07 Å². The summed E-state index contributed by atoms with van der Waals surface area (Å²) in [6.45, 7) is 1.24. The Balaban J connectivity index is 2.00. The van der Waals surface area contributed by atoms with Crippen molar-refractivity contribution in [2.75, 3.05) is 27.2 Å². The normalized spacial score (nSPS) is 16.2. The molecule has 0 unspecified atom stereocenters. The number of aliphatic hydroxyl groups excluding tert-OH is 1. The quantitative estimate of drug-likeness (QED) is 0.826. The second kappa shape index (κ2) is 6.67. The van der Waals surface area contributed by atoms with E-state index in [1.807, 2.05) is 43.4 Å². The van der Waals surface area contributed by atoms with Crippen molar-refractivity contribution in [3.63, 3.8) is 0 Å². The second-order valence-electron chi connectivity index (χ2n) is 5.65. The highest BCUT2D eigenvalue weighted by Gasteiger charge is 2.16. The molecule has 7 nitrogen and oxygen atoms in total. The molecule has 1 aliphatic carbocycles. The Hall–Kier alpha value is -2.93. The number of aliphatic imine (C=N–C) groups is 1. The molecule has 0 spiro atoms. The van der Waals surface area contributed by atoms with E-state index in [1.54, 1.807) is 16.7 Å². The van der Waals surface area contributed by atoms with Crippen LogP contribution in [0.4, 0.5) is 5.69 Å². The van der Waals surface area contributed by atoms with Gasteiger partial charge in [0, 0.05) is 18.8 Å². The molecule has 0 saturated carbocycles. The van der Waals surface area contributed by atoms with Crippen LogP contribution in [0.1, 0.15) is 0 Å². The van der Waals surface area contributed by atoms with Gasteiger partial charge in [-0.3, -0.25) is 0 Å². The summed E-state index contributed by atoms with van der Waals surface area (Å²) < 4.78 is 7.48. The largest absolute Gasteiger partial charge is 0.506 e. The zero-order chi connectivity index (χ0) is 17.1. The smallest absolute Gasteiger partial charge is 0.260 e. The third-order valence-electron chi connectivity index (χ3n) is 3.47. The van der Waals surface area contributed by atoms with Gasteiger partial charge >= 0.3 is 0 Å². The molecular formula is C17H19N5O2. The van der Waals surface area contributed by atoms with Gasteiger partial charge in [-0.25, -0.2) is 9.51 Å². The minimum atomic E-state index is -0.0444. The SMILES string of the molecule is CN(C)CCOc1nn2ccccc2c1/N=C1\C=CC(=N)C=C1O. The molecule has 0 fully saturated rings. The first-order valence-corrected chi connectivity index (χ1v) is 7.56. The van der Waals surface area contributed by atoms with Crippen LogP contribution in [-0.4, -0.2) is 58.3 Å². The summed E-state index contributed by atoms with van der Waals surface area (Å²) in [6.07, 6.45) is 6.36. The number of fused-ring (bicyclic) bond motifs is 1. The summed E-state index contributed by atoms with van der Waals surface area (Å²) in [5.41, 5.74) is 1.95. The predicted molar refractivity (Wildman–Crippen MR) is 93.9 cm³/mol. The fraction of sp³-hybridized carbons (Fsp3) is 0.235. The van der Waals surface area contributed by atoms with E-state index in [9.17, 15) is 5.11 Å². The number of ether oxygens (including phenoxy) is 1. The number of rotatable bonds is 5. The molecule has 1 aliphatic rings. The zero-order valence-electron chi connectivity index (χ0n) is 13.6. The summed E-state index contributed by atoms with van der Waals surface area (Å²) >= 11 is 0. The second-order valence-corrected chi connectivity index (χ2v) is 5.65. The maximum absolute atomic E-state index is 10.0. The van der Waals surface area contributed by atoms with Crippen LogP contribution in [0.2, 0.25) is 0 Å². The van der Waals surface area contributed by atoms with Gasteiger partial charge in [0.2, 0.25) is 0 Å². The standard InChI is InChI=1S/C17H19N5O2/c1-21(2)9-10-24-17-16(14-5-3-4-8-22(14)20-17)19-13-7-6-12(18)11-15(13)23/h3-8,11,18,23H,9-10H2,1-2H3/b18-12?,19-13+. The Bertz CT molecular complexity index is 861. The summed E-state index contributed by atoms with van der Waals surface area (Å²) in [5.74, 6) is 0.370. The van der Waals surface area contributed by atoms with Crippen LogP contribution in [0.25, 0.3) is 5.52 Å². The average molecular weight is 325 g/mol. The molecule has 24 heavy (non-hydrogen) atoms. The molecule has 3 rings (SSSR count). The van der Waals surface area contributed by atoms with E-state index >= 15 is 0 Å². The Morgan fingerprint density at radius 2 is 2.17 bits per heavy atom. The summed E-state index contributed by atoms with van der Waals surface area (Å²) in [7, 11) is 3.94. The van der Waals surface area contributed by atoms with Gasteiger partial charge in [-0.15, -0.1) is 5.10 Å². The summed E-state index contributed by atoms with van der Waals surface area (Å²) in [5, 5.41) is 22.0. The molecule has 124 valence electrons. The molecule has 2 N–H and O–H groups in total. The number of nitrogens with zero attached hydrogens (tertiary/aromatic N) is 4. The van der Waals surface area contributed by atoms with Gasteiger partial charge in [0.15, 0.2) is 5.69 Å². The molecule has 0 saturated heterocycles. The lowest BCUT2D eigenvalue weighted by Crippen LogP contribution is -2.19. The first-order chi connectivity index (χ1) is 11.5. The van der Waals surface area contributed by atoms with E-state index < -0.39 is 0 Å². The van der Waals surface area contributed by atoms with Crippen molar-refractivity contribution in [1.82, 2.24) is 14.5 Å². The van der Waals surface area contributed by atoms with Crippen molar-refractivity contribution in [1.29, 1.82) is 5.41 Å². The molecule has 0 radical (unpaired) electrons. The van der Waals surface area contributed by atoms with Crippen LogP contribution in [0, 0.1) is 5.41 Å². The lowest BCUT2D eigenvalue weighted by atomic mass is 10.1. The van der Waals surface area contributed by atoms with Gasteiger partial charge < -0.3 is 20.2 Å². The maximum Gasteiger partial charge on any atom is 0.260 e. The van der Waals surface area contributed by atoms with Crippen LogP contribution in [0.15, 0.2) is 53.4 Å². The number of hydrogen-bond donors (Lipinski definition) is 2. The molecule has 2 heterocycles. The van der Waals surface area contributed by atoms with Crippen LogP contribution in [0.3, 0.4) is 0 Å². The minimum Gasteiger partial charge on any atom is -0.506 e. The van der Waals surface area contributed by atoms with E-state index in [0.29, 0.717) is 23.9 Å². The van der Waals surface area contributed by atoms with Gasteiger partial charge in [0.05, 0.1) is 11.2 Å². The molecule has 0 amide bonds. The number of aromatic nitrogens is 2. The van der Waals surface area contributed by atoms with Crippen LogP contribution >= 0.6 is 0 Å². The number of hydrogen-bond acceptors (Lipinski definition) is 6. The molecule has 0 aliphatic heterocycles. The van der Waals surface area contributed by atoms with Gasteiger partial charge in [-0.2, -0.15) is 0 Å². The topological polar surface area (TPSA) is 86.2 Å². The monoisotopic (exact) mass is 325 g/mol. The van der Waals surface area contributed by atoms with Crippen LogP contribution in [-0.2, 0) is 0 Å². The Morgan fingerprint density at radius 3 is 2.92 bits per heavy atom. The lowest BCUT2D eigenvalue weighted by Gasteiger charge is -2.10. The van der Waals surface area contributed by atoms with Gasteiger partial charge in [-0.05, 0) is 38.4 Å². The Morgan fingerprint density at radius 1 is 1.33 bits per heavy atom. The van der Waals surface area contributed by atoms with E-state index in [4.69, 9.17) is 10.1 Å². The van der Waals surface area contributed by atoms with Crippen molar-refractivity contribution >= 4 is 22.6 Å². The maximum atomic E-state index is 10.0.